The molecule has 0 aliphatic heterocycles. The molecular weight excluding hydrogens is 357 g/mol. The highest BCUT2D eigenvalue weighted by Gasteiger charge is 2.32. The number of fused-ring (bicyclic) bond motifs is 3. The number of alkyl halides is 3. The fraction of sp³-hybridized carbons (Fsp3) is 0.118. The van der Waals surface area contributed by atoms with Crippen LogP contribution in [0.2, 0.25) is 5.02 Å². The van der Waals surface area contributed by atoms with Crippen LogP contribution < -0.4 is 0 Å². The molecule has 7 heteroatoms. The van der Waals surface area contributed by atoms with Crippen LogP contribution in [-0.4, -0.2) is 15.6 Å². The summed E-state index contributed by atoms with van der Waals surface area (Å²) in [4.78, 5) is 5.01. The summed E-state index contributed by atoms with van der Waals surface area (Å²) in [7, 11) is 0. The van der Waals surface area contributed by atoms with Crippen LogP contribution in [0.15, 0.2) is 48.5 Å². The molecule has 0 saturated heterocycles. The van der Waals surface area contributed by atoms with Crippen molar-refractivity contribution < 1.29 is 13.2 Å². The Kier molecular flexibility index (Phi) is 3.54. The summed E-state index contributed by atoms with van der Waals surface area (Å²) in [5.74, 6) is 0. The van der Waals surface area contributed by atoms with Crippen LogP contribution in [0.25, 0.3) is 26.4 Å². The largest absolute Gasteiger partial charge is 0.394 e. The van der Waals surface area contributed by atoms with Gasteiger partial charge in [0.05, 0.1) is 28.0 Å². The summed E-state index contributed by atoms with van der Waals surface area (Å²) in [6, 6.07) is 14.1. The topological polar surface area (TPSA) is 17.3 Å². The normalized spacial score (nSPS) is 12.3. The molecule has 2 aromatic carbocycles. The third kappa shape index (κ3) is 2.65. The molecule has 4 rings (SSSR count). The predicted molar refractivity (Wildman–Crippen MR) is 90.8 cm³/mol. The smallest absolute Gasteiger partial charge is 0.286 e. The van der Waals surface area contributed by atoms with Gasteiger partial charge in [-0.15, -0.1) is 0 Å². The zero-order valence-electron chi connectivity index (χ0n) is 12.1. The quantitative estimate of drug-likeness (QED) is 0.427. The number of aromatic nitrogens is 2. The molecule has 122 valence electrons. The van der Waals surface area contributed by atoms with Crippen LogP contribution in [0.3, 0.4) is 0 Å². The summed E-state index contributed by atoms with van der Waals surface area (Å²) < 4.78 is 41.9. The Balaban J connectivity index is 2.06. The Morgan fingerprint density at radius 3 is 2.54 bits per heavy atom. The van der Waals surface area contributed by atoms with Crippen molar-refractivity contribution in [1.82, 2.24) is 9.38 Å². The molecule has 0 aliphatic carbocycles. The van der Waals surface area contributed by atoms with E-state index in [1.165, 1.54) is 11.3 Å². The second-order valence-corrected chi connectivity index (χ2v) is 6.84. The van der Waals surface area contributed by atoms with Gasteiger partial charge >= 0.3 is 6.18 Å². The summed E-state index contributed by atoms with van der Waals surface area (Å²) in [5, 5.41) is 0.482. The van der Waals surface area contributed by atoms with E-state index in [-0.39, 0.29) is 5.69 Å². The second-order valence-electron chi connectivity index (χ2n) is 5.40. The third-order valence-corrected chi connectivity index (χ3v) is 4.98. The molecule has 0 spiro atoms. The number of benzene rings is 2. The maximum Gasteiger partial charge on any atom is 0.394 e. The molecule has 4 aromatic rings. The van der Waals surface area contributed by atoms with Crippen molar-refractivity contribution in [3.05, 3.63) is 59.2 Å². The van der Waals surface area contributed by atoms with Crippen molar-refractivity contribution in [3.8, 4) is 11.3 Å². The zero-order chi connectivity index (χ0) is 16.9. The van der Waals surface area contributed by atoms with Gasteiger partial charge in [0.15, 0.2) is 4.96 Å². The molecule has 2 aromatic heterocycles. The van der Waals surface area contributed by atoms with E-state index < -0.39 is 12.6 Å². The fourth-order valence-electron chi connectivity index (χ4n) is 2.78. The Hall–Kier alpha value is -2.05. The second kappa shape index (κ2) is 5.50. The minimum Gasteiger partial charge on any atom is -0.286 e. The van der Waals surface area contributed by atoms with E-state index >= 15 is 0 Å². The van der Waals surface area contributed by atoms with Gasteiger partial charge in [-0.05, 0) is 18.2 Å². The highest BCUT2D eigenvalue weighted by molar-refractivity contribution is 7.23. The monoisotopic (exact) mass is 366 g/mol. The molecule has 0 radical (unpaired) electrons. The molecule has 0 N–H and O–H groups in total. The fourth-order valence-corrected chi connectivity index (χ4v) is 3.97. The first-order valence-corrected chi connectivity index (χ1v) is 8.33. The van der Waals surface area contributed by atoms with Crippen LogP contribution in [0.4, 0.5) is 13.2 Å². The summed E-state index contributed by atoms with van der Waals surface area (Å²) >= 11 is 7.39. The van der Waals surface area contributed by atoms with Gasteiger partial charge in [-0.25, -0.2) is 4.98 Å². The maximum atomic E-state index is 13.2. The van der Waals surface area contributed by atoms with Gasteiger partial charge in [-0.1, -0.05) is 53.3 Å². The Morgan fingerprint density at radius 2 is 1.83 bits per heavy atom. The number of hydrogen-bond donors (Lipinski definition) is 0. The van der Waals surface area contributed by atoms with Gasteiger partial charge in [0, 0.05) is 10.6 Å². The molecule has 0 saturated carbocycles. The third-order valence-electron chi connectivity index (χ3n) is 3.72. The van der Waals surface area contributed by atoms with Gasteiger partial charge in [0.2, 0.25) is 0 Å². The number of thiazole rings is 1. The zero-order valence-corrected chi connectivity index (χ0v) is 13.7. The molecule has 0 amide bonds. The van der Waals surface area contributed by atoms with Gasteiger partial charge in [-0.2, -0.15) is 13.2 Å². The number of hydrogen-bond acceptors (Lipinski definition) is 2. The van der Waals surface area contributed by atoms with Crippen molar-refractivity contribution in [2.24, 2.45) is 0 Å². The highest BCUT2D eigenvalue weighted by Crippen LogP contribution is 2.36. The summed E-state index contributed by atoms with van der Waals surface area (Å²) in [5.41, 5.74) is 1.82. The van der Waals surface area contributed by atoms with Crippen LogP contribution in [0.5, 0.6) is 0 Å². The van der Waals surface area contributed by atoms with E-state index in [9.17, 15) is 13.2 Å². The van der Waals surface area contributed by atoms with E-state index in [1.54, 1.807) is 46.9 Å². The average molecular weight is 367 g/mol. The molecule has 0 atom stereocenters. The first kappa shape index (κ1) is 15.5. The van der Waals surface area contributed by atoms with Crippen molar-refractivity contribution >= 4 is 38.1 Å². The molecule has 0 unspecified atom stereocenters. The van der Waals surface area contributed by atoms with E-state index in [0.29, 0.717) is 26.8 Å². The average Bonchev–Trinajstić information content (AvgIpc) is 3.04. The summed E-state index contributed by atoms with van der Waals surface area (Å²) in [6.07, 6.45) is -5.37. The molecule has 0 aliphatic rings. The number of rotatable bonds is 2. The van der Waals surface area contributed by atoms with Crippen LogP contribution in [0, 0.1) is 0 Å². The van der Waals surface area contributed by atoms with Crippen molar-refractivity contribution in [2.75, 3.05) is 0 Å². The Morgan fingerprint density at radius 1 is 1.08 bits per heavy atom. The van der Waals surface area contributed by atoms with Gasteiger partial charge < -0.3 is 0 Å². The lowest BCUT2D eigenvalue weighted by Gasteiger charge is -2.09. The first-order chi connectivity index (χ1) is 11.4. The Bertz CT molecular complexity index is 1030. The lowest BCUT2D eigenvalue weighted by atomic mass is 10.1. The van der Waals surface area contributed by atoms with E-state index in [0.717, 1.165) is 4.70 Å². The van der Waals surface area contributed by atoms with Crippen molar-refractivity contribution in [1.29, 1.82) is 0 Å². The SMILES string of the molecule is FC(F)(F)Cc1c(-c2ccccc2)nc2sc3ccc(Cl)cc3n12. The van der Waals surface area contributed by atoms with E-state index in [1.807, 2.05) is 6.07 Å². The number of nitrogens with zero attached hydrogens (tertiary/aromatic N) is 2. The van der Waals surface area contributed by atoms with Crippen molar-refractivity contribution in [3.63, 3.8) is 0 Å². The standard InChI is InChI=1S/C17H10ClF3N2S/c18-11-6-7-14-12(8-11)23-13(9-17(19,20)21)15(22-16(23)24-14)10-4-2-1-3-5-10/h1-8H,9H2. The molecule has 0 fully saturated rings. The molecule has 24 heavy (non-hydrogen) atoms. The molecular formula is C17H10ClF3N2S. The first-order valence-electron chi connectivity index (χ1n) is 7.14. The molecule has 0 bridgehead atoms. The van der Waals surface area contributed by atoms with Gasteiger partial charge in [0.1, 0.15) is 0 Å². The predicted octanol–water partition coefficient (Wildman–Crippen LogP) is 5.97. The van der Waals surface area contributed by atoms with Crippen LogP contribution in [0.1, 0.15) is 5.69 Å². The van der Waals surface area contributed by atoms with E-state index in [4.69, 9.17) is 11.6 Å². The highest BCUT2D eigenvalue weighted by atomic mass is 35.5. The van der Waals surface area contributed by atoms with Gasteiger partial charge in [0.25, 0.3) is 0 Å². The number of imidazole rings is 1. The summed E-state index contributed by atoms with van der Waals surface area (Å²) in [6.45, 7) is 0. The van der Waals surface area contributed by atoms with Crippen LogP contribution >= 0.6 is 22.9 Å². The van der Waals surface area contributed by atoms with Gasteiger partial charge in [-0.3, -0.25) is 4.40 Å². The number of halogens is 4. The molecule has 2 heterocycles. The Labute approximate surface area is 144 Å². The molecule has 2 nitrogen and oxygen atoms in total. The minimum absolute atomic E-state index is 0.136. The lowest BCUT2D eigenvalue weighted by Crippen LogP contribution is -2.14. The van der Waals surface area contributed by atoms with Crippen LogP contribution in [-0.2, 0) is 6.42 Å². The van der Waals surface area contributed by atoms with Crippen molar-refractivity contribution in [2.45, 2.75) is 12.6 Å². The minimum atomic E-state index is -4.33. The maximum absolute atomic E-state index is 13.2. The lowest BCUT2D eigenvalue weighted by molar-refractivity contribution is -0.127. The van der Waals surface area contributed by atoms with E-state index in [2.05, 4.69) is 4.98 Å².